The van der Waals surface area contributed by atoms with Crippen LogP contribution in [0.1, 0.15) is 70.1 Å². The number of sulfonamides is 1. The van der Waals surface area contributed by atoms with Crippen LogP contribution in [0.2, 0.25) is 0 Å². The van der Waals surface area contributed by atoms with Crippen molar-refractivity contribution in [3.63, 3.8) is 0 Å². The number of allylic oxidation sites excluding steroid dienone is 8. The van der Waals surface area contributed by atoms with E-state index in [1.54, 1.807) is 12.1 Å². The number of likely N-dealkylation sites (N-methyl/N-ethyl adjacent to an activating group) is 2. The molecule has 3 aliphatic heterocycles. The van der Waals surface area contributed by atoms with E-state index in [1.807, 2.05) is 19.1 Å². The quantitative estimate of drug-likeness (QED) is 0.264. The Morgan fingerprint density at radius 1 is 0.673 bits per heavy atom. The van der Waals surface area contributed by atoms with Gasteiger partial charge in [-0.15, -0.1) is 4.31 Å². The summed E-state index contributed by atoms with van der Waals surface area (Å²) in [6.07, 6.45) is 12.0. The van der Waals surface area contributed by atoms with Crippen LogP contribution in [0.5, 0.6) is 0 Å². The summed E-state index contributed by atoms with van der Waals surface area (Å²) in [5.74, 6) is 0.617. The molecule has 0 spiro atoms. The Labute approximate surface area is 292 Å². The zero-order valence-electron chi connectivity index (χ0n) is 29.8. The molecule has 0 amide bonds. The van der Waals surface area contributed by atoms with Crippen LogP contribution in [0.25, 0.3) is 0 Å². The first kappa shape index (κ1) is 32.9. The summed E-state index contributed by atoms with van der Waals surface area (Å²) < 4.78 is 34.6. The van der Waals surface area contributed by atoms with Crippen molar-refractivity contribution in [3.05, 3.63) is 136 Å². The lowest BCUT2D eigenvalue weighted by Crippen LogP contribution is -2.34. The summed E-state index contributed by atoms with van der Waals surface area (Å²) in [4.78, 5) is 4.88. The number of aryl methyl sites for hydroxylation is 1. The fourth-order valence-corrected chi connectivity index (χ4v) is 9.63. The van der Waals surface area contributed by atoms with Crippen molar-refractivity contribution in [3.8, 4) is 0 Å². The molecule has 3 heterocycles. The van der Waals surface area contributed by atoms with E-state index < -0.39 is 10.0 Å². The van der Waals surface area contributed by atoms with Crippen molar-refractivity contribution in [1.82, 2.24) is 8.97 Å². The van der Waals surface area contributed by atoms with Crippen LogP contribution in [0, 0.1) is 6.92 Å². The standard InChI is InChI=1S/C42H47N4O2S/c1-29-18-24-32(25-19-29)49(47,48)46-28-12-17-39(46)43-40-30(22-26-37-41(2,3)33-13-8-10-15-35(33)44(37)6)20-21-31(40)23-27-38-42(4,5)34-14-9-11-16-36(34)45(38)7/h8-11,13-16,18-19,22-27H,12,17,20-21,28H2,1-7H3/q+1. The molecule has 252 valence electrons. The molecule has 2 fully saturated rings. The van der Waals surface area contributed by atoms with Gasteiger partial charge in [-0.3, -0.25) is 0 Å². The number of fused-ring (bicyclic) bond motifs is 2. The van der Waals surface area contributed by atoms with Crippen LogP contribution in [0.15, 0.2) is 125 Å². The van der Waals surface area contributed by atoms with E-state index in [1.165, 1.54) is 38.2 Å². The lowest BCUT2D eigenvalue weighted by molar-refractivity contribution is 0.536. The molecule has 0 radical (unpaired) electrons. The molecule has 6 nitrogen and oxygen atoms in total. The number of benzene rings is 3. The van der Waals surface area contributed by atoms with Gasteiger partial charge in [-0.05, 0) is 73.7 Å². The Bertz CT molecular complexity index is 2040. The molecule has 1 saturated heterocycles. The summed E-state index contributed by atoms with van der Waals surface area (Å²) in [5, 5.41) is 0. The molecule has 0 atom stereocenters. The summed E-state index contributed by atoms with van der Waals surface area (Å²) in [5.41, 5.74) is 11.4. The third kappa shape index (κ3) is 5.50. The molecular weight excluding hydrogens is 625 g/mol. The lowest BCUT2D eigenvalue weighted by atomic mass is 9.83. The predicted molar refractivity (Wildman–Crippen MR) is 204 cm³/mol. The van der Waals surface area contributed by atoms with Gasteiger partial charge in [-0.25, -0.2) is 4.67 Å². The summed E-state index contributed by atoms with van der Waals surface area (Å²) >= 11 is 0. The fraction of sp³-hybridized carbons (Fsp3) is 0.333. The molecule has 7 rings (SSSR count). The van der Waals surface area contributed by atoms with Gasteiger partial charge in [0, 0.05) is 58.8 Å². The Morgan fingerprint density at radius 2 is 1.16 bits per heavy atom. The maximum Gasteiger partial charge on any atom is 0.361 e. The minimum Gasteiger partial charge on any atom is -0.347 e. The molecule has 4 aliphatic rings. The summed E-state index contributed by atoms with van der Waals surface area (Å²) in [6, 6.07) is 24.3. The summed E-state index contributed by atoms with van der Waals surface area (Å²) in [6.45, 7) is 11.5. The third-order valence-corrected chi connectivity index (χ3v) is 12.8. The van der Waals surface area contributed by atoms with Gasteiger partial charge in [0.05, 0.1) is 6.42 Å². The van der Waals surface area contributed by atoms with Crippen molar-refractivity contribution >= 4 is 32.9 Å². The topological polar surface area (TPSA) is 58.0 Å². The van der Waals surface area contributed by atoms with Gasteiger partial charge in [0.25, 0.3) is 0 Å². The largest absolute Gasteiger partial charge is 0.361 e. The minimum absolute atomic E-state index is 0.145. The molecule has 0 N–H and O–H groups in total. The first-order chi connectivity index (χ1) is 23.3. The number of anilines is 2. The van der Waals surface area contributed by atoms with Gasteiger partial charge < -0.3 is 9.80 Å². The molecule has 3 aromatic rings. The second-order valence-electron chi connectivity index (χ2n) is 14.8. The van der Waals surface area contributed by atoms with E-state index in [0.29, 0.717) is 23.7 Å². The van der Waals surface area contributed by atoms with Crippen LogP contribution in [-0.2, 0) is 20.9 Å². The maximum atomic E-state index is 13.9. The van der Waals surface area contributed by atoms with E-state index in [9.17, 15) is 8.42 Å². The van der Waals surface area contributed by atoms with Crippen LogP contribution in [-0.4, -0.2) is 44.9 Å². The van der Waals surface area contributed by atoms with Gasteiger partial charge >= 0.3 is 15.9 Å². The number of rotatable bonds is 4. The molecule has 0 unspecified atom stereocenters. The molecule has 0 bridgehead atoms. The lowest BCUT2D eigenvalue weighted by Gasteiger charge is -2.23. The highest BCUT2D eigenvalue weighted by Gasteiger charge is 2.42. The second kappa shape index (κ2) is 12.1. The predicted octanol–water partition coefficient (Wildman–Crippen LogP) is 7.96. The fourth-order valence-electron chi connectivity index (χ4n) is 8.11. The maximum absolute atomic E-state index is 13.9. The van der Waals surface area contributed by atoms with E-state index in [2.05, 4.69) is 124 Å². The van der Waals surface area contributed by atoms with E-state index >= 15 is 0 Å². The van der Waals surface area contributed by atoms with Gasteiger partial charge in [-0.2, -0.15) is 8.42 Å². The highest BCUT2D eigenvalue weighted by Crippen LogP contribution is 2.48. The minimum atomic E-state index is -3.73. The van der Waals surface area contributed by atoms with Crippen LogP contribution in [0.3, 0.4) is 0 Å². The molecule has 7 heteroatoms. The molecule has 0 aromatic heterocycles. The molecular formula is C42H47N4O2S+. The monoisotopic (exact) mass is 671 g/mol. The van der Waals surface area contributed by atoms with E-state index in [0.717, 1.165) is 41.7 Å². The number of para-hydroxylation sites is 2. The van der Waals surface area contributed by atoms with Gasteiger partial charge in [0.2, 0.25) is 5.71 Å². The number of hydrogen-bond donors (Lipinski definition) is 0. The number of hydrogen-bond acceptors (Lipinski definition) is 4. The van der Waals surface area contributed by atoms with E-state index in [-0.39, 0.29) is 10.8 Å². The van der Waals surface area contributed by atoms with Gasteiger partial charge in [-0.1, -0.05) is 93.9 Å². The molecule has 49 heavy (non-hydrogen) atoms. The first-order valence-electron chi connectivity index (χ1n) is 17.4. The summed E-state index contributed by atoms with van der Waals surface area (Å²) in [7, 11) is 0.551. The molecule has 1 aliphatic carbocycles. The SMILES string of the molecule is Cc1ccc(S(=O)(=O)N2CCCC2=[N+]=C2/C(=C/C=C3N(C)c4ccccc4C3(C)C)CC/C2=C\C=C2\N(C)c3ccccc3C2(C)C)cc1. The van der Waals surface area contributed by atoms with Crippen molar-refractivity contribution in [2.45, 2.75) is 76.0 Å². The highest BCUT2D eigenvalue weighted by atomic mass is 32.2. The Balaban J connectivity index is 1.35. The second-order valence-corrected chi connectivity index (χ2v) is 16.6. The van der Waals surface area contributed by atoms with Crippen molar-refractivity contribution in [2.75, 3.05) is 30.4 Å². The van der Waals surface area contributed by atoms with E-state index in [4.69, 9.17) is 4.67 Å². The van der Waals surface area contributed by atoms with Crippen LogP contribution >= 0.6 is 0 Å². The average molecular weight is 672 g/mol. The number of amidine groups is 1. The number of nitrogens with zero attached hydrogens (tertiary/aromatic N) is 4. The van der Waals surface area contributed by atoms with Gasteiger partial charge in [0.15, 0.2) is 0 Å². The average Bonchev–Trinajstić information content (AvgIpc) is 3.80. The van der Waals surface area contributed by atoms with Gasteiger partial charge in [0.1, 0.15) is 11.4 Å². The zero-order chi connectivity index (χ0) is 34.7. The Morgan fingerprint density at radius 3 is 1.65 bits per heavy atom. The normalized spacial score (nSPS) is 23.0. The van der Waals surface area contributed by atoms with Crippen molar-refractivity contribution < 1.29 is 8.42 Å². The van der Waals surface area contributed by atoms with Crippen molar-refractivity contribution in [1.29, 1.82) is 0 Å². The molecule has 3 aromatic carbocycles. The first-order valence-corrected chi connectivity index (χ1v) is 18.8. The van der Waals surface area contributed by atoms with Crippen LogP contribution in [0.4, 0.5) is 11.4 Å². The Kier molecular flexibility index (Phi) is 8.12. The third-order valence-electron chi connectivity index (χ3n) is 10.9. The zero-order valence-corrected chi connectivity index (χ0v) is 30.6. The van der Waals surface area contributed by atoms with Crippen molar-refractivity contribution in [2.24, 2.45) is 0 Å². The smallest absolute Gasteiger partial charge is 0.347 e. The van der Waals surface area contributed by atoms with Crippen LogP contribution < -0.4 is 14.5 Å². The Hall–Kier alpha value is -4.58. The highest BCUT2D eigenvalue weighted by molar-refractivity contribution is 7.89. The molecule has 1 saturated carbocycles.